The predicted molar refractivity (Wildman–Crippen MR) is 214 cm³/mol. The number of rotatable bonds is 4. The van der Waals surface area contributed by atoms with Crippen molar-refractivity contribution in [2.24, 2.45) is 0 Å². The van der Waals surface area contributed by atoms with Crippen LogP contribution in [0.15, 0.2) is 170 Å². The van der Waals surface area contributed by atoms with E-state index in [0.29, 0.717) is 5.95 Å². The molecule has 11 aromatic rings. The summed E-state index contributed by atoms with van der Waals surface area (Å²) in [6, 6.07) is 58.6. The Morgan fingerprint density at radius 1 is 0.431 bits per heavy atom. The van der Waals surface area contributed by atoms with Gasteiger partial charge in [-0.3, -0.25) is 4.57 Å². The van der Waals surface area contributed by atoms with Crippen molar-refractivity contribution in [3.63, 3.8) is 0 Å². The van der Waals surface area contributed by atoms with E-state index in [2.05, 4.69) is 167 Å². The summed E-state index contributed by atoms with van der Waals surface area (Å²) in [4.78, 5) is 10.2. The number of aromatic nitrogens is 4. The summed E-state index contributed by atoms with van der Waals surface area (Å²) in [5, 5.41) is 7.39. The molecule has 7 aromatic carbocycles. The highest BCUT2D eigenvalue weighted by Gasteiger charge is 2.22. The molecule has 238 valence electrons. The molecule has 4 heterocycles. The third-order valence-electron chi connectivity index (χ3n) is 10.2. The van der Waals surface area contributed by atoms with E-state index in [1.807, 2.05) is 23.6 Å². The summed E-state index contributed by atoms with van der Waals surface area (Å²) in [7, 11) is 0. The molecule has 51 heavy (non-hydrogen) atoms. The first-order valence-corrected chi connectivity index (χ1v) is 18.0. The fourth-order valence-electron chi connectivity index (χ4n) is 7.97. The third-order valence-corrected chi connectivity index (χ3v) is 11.4. The third kappa shape index (κ3) is 4.19. The molecule has 4 aromatic heterocycles. The van der Waals surface area contributed by atoms with Gasteiger partial charge in [0.25, 0.3) is 0 Å². The molecular weight excluding hydrogens is 641 g/mol. The highest BCUT2D eigenvalue weighted by atomic mass is 32.1. The van der Waals surface area contributed by atoms with Crippen molar-refractivity contribution >= 4 is 75.1 Å². The second-order valence-corrected chi connectivity index (χ2v) is 14.1. The SMILES string of the molecule is c1ccc(-n2c3ccccc3c3ccc4c5ccccc5n(-c5nccc(-c6ccc(-c7cccc8c7sc7ccccc78)cc6)n5)c4c32)cc1. The zero-order valence-corrected chi connectivity index (χ0v) is 28.2. The maximum absolute atomic E-state index is 5.27. The van der Waals surface area contributed by atoms with Crippen LogP contribution >= 0.6 is 11.3 Å². The molecule has 0 aliphatic rings. The predicted octanol–water partition coefficient (Wildman–Crippen LogP) is 12.4. The van der Waals surface area contributed by atoms with Crippen LogP contribution in [-0.4, -0.2) is 19.1 Å². The van der Waals surface area contributed by atoms with Crippen molar-refractivity contribution in [1.29, 1.82) is 0 Å². The maximum Gasteiger partial charge on any atom is 0.235 e. The monoisotopic (exact) mass is 668 g/mol. The van der Waals surface area contributed by atoms with Crippen molar-refractivity contribution in [1.82, 2.24) is 19.1 Å². The molecule has 4 nitrogen and oxygen atoms in total. The van der Waals surface area contributed by atoms with Gasteiger partial charge < -0.3 is 4.57 Å². The first-order chi connectivity index (χ1) is 25.3. The first-order valence-electron chi connectivity index (χ1n) is 17.2. The Labute approximate surface area is 297 Å². The molecule has 0 bridgehead atoms. The lowest BCUT2D eigenvalue weighted by Gasteiger charge is -2.12. The van der Waals surface area contributed by atoms with Crippen LogP contribution in [0.5, 0.6) is 0 Å². The average Bonchev–Trinajstić information content (AvgIpc) is 3.86. The molecule has 0 atom stereocenters. The smallest absolute Gasteiger partial charge is 0.235 e. The minimum absolute atomic E-state index is 0.648. The Morgan fingerprint density at radius 2 is 1.04 bits per heavy atom. The van der Waals surface area contributed by atoms with Crippen LogP contribution in [0, 0.1) is 0 Å². The van der Waals surface area contributed by atoms with Gasteiger partial charge in [-0.15, -0.1) is 11.3 Å². The number of hydrogen-bond donors (Lipinski definition) is 0. The average molecular weight is 669 g/mol. The molecule has 0 saturated heterocycles. The summed E-state index contributed by atoms with van der Waals surface area (Å²) in [6.07, 6.45) is 1.89. The van der Waals surface area contributed by atoms with Crippen molar-refractivity contribution in [3.8, 4) is 34.0 Å². The van der Waals surface area contributed by atoms with Gasteiger partial charge in [-0.25, -0.2) is 9.97 Å². The van der Waals surface area contributed by atoms with E-state index in [1.165, 1.54) is 58.4 Å². The highest BCUT2D eigenvalue weighted by molar-refractivity contribution is 7.26. The quantitative estimate of drug-likeness (QED) is 0.187. The van der Waals surface area contributed by atoms with Gasteiger partial charge in [-0.2, -0.15) is 0 Å². The van der Waals surface area contributed by atoms with E-state index in [0.717, 1.165) is 33.5 Å². The van der Waals surface area contributed by atoms with Crippen LogP contribution in [0.4, 0.5) is 0 Å². The largest absolute Gasteiger partial charge is 0.307 e. The van der Waals surface area contributed by atoms with Crippen molar-refractivity contribution in [3.05, 3.63) is 170 Å². The lowest BCUT2D eigenvalue weighted by atomic mass is 10.0. The summed E-state index contributed by atoms with van der Waals surface area (Å²) < 4.78 is 7.28. The molecule has 11 rings (SSSR count). The van der Waals surface area contributed by atoms with Gasteiger partial charge in [-0.1, -0.05) is 127 Å². The van der Waals surface area contributed by atoms with Gasteiger partial charge in [0, 0.05) is 59.2 Å². The molecular formula is C46H28N4S. The zero-order chi connectivity index (χ0) is 33.5. The fraction of sp³-hybridized carbons (Fsp3) is 0. The van der Waals surface area contributed by atoms with E-state index >= 15 is 0 Å². The van der Waals surface area contributed by atoms with E-state index in [-0.39, 0.29) is 0 Å². The molecule has 0 N–H and O–H groups in total. The normalized spacial score (nSPS) is 11.9. The Kier molecular flexibility index (Phi) is 6.09. The van der Waals surface area contributed by atoms with E-state index < -0.39 is 0 Å². The second kappa shape index (κ2) is 11.0. The molecule has 0 radical (unpaired) electrons. The zero-order valence-electron chi connectivity index (χ0n) is 27.4. The Bertz CT molecular complexity index is 3130. The Hall–Kier alpha value is -6.56. The number of benzene rings is 7. The van der Waals surface area contributed by atoms with E-state index in [4.69, 9.17) is 9.97 Å². The van der Waals surface area contributed by atoms with Crippen LogP contribution in [0.3, 0.4) is 0 Å². The molecule has 5 heteroatoms. The topological polar surface area (TPSA) is 35.6 Å². The minimum atomic E-state index is 0.648. The van der Waals surface area contributed by atoms with Gasteiger partial charge in [0.15, 0.2) is 0 Å². The number of thiophene rings is 1. The fourth-order valence-corrected chi connectivity index (χ4v) is 9.20. The van der Waals surface area contributed by atoms with Crippen molar-refractivity contribution < 1.29 is 0 Å². The minimum Gasteiger partial charge on any atom is -0.307 e. The standard InChI is InChI=1S/C46H28N4S/c1-2-11-31(12-3-1)49-40-18-7-4-13-33(40)36-25-26-37-34-14-5-8-19-41(34)50(44(37)43(36)49)46-47-28-27-39(48-46)30-23-21-29(22-24-30)32-16-10-17-38-35-15-6-9-20-42(35)51-45(32)38/h1-28H. The first kappa shape index (κ1) is 28.3. The number of para-hydroxylation sites is 3. The maximum atomic E-state index is 5.27. The van der Waals surface area contributed by atoms with Crippen LogP contribution in [-0.2, 0) is 0 Å². The van der Waals surface area contributed by atoms with Crippen molar-refractivity contribution in [2.75, 3.05) is 0 Å². The van der Waals surface area contributed by atoms with Crippen molar-refractivity contribution in [2.45, 2.75) is 0 Å². The van der Waals surface area contributed by atoms with Crippen LogP contribution in [0.1, 0.15) is 0 Å². The molecule has 0 spiro atoms. The Balaban J connectivity index is 1.11. The highest BCUT2D eigenvalue weighted by Crippen LogP contribution is 2.42. The van der Waals surface area contributed by atoms with E-state index in [9.17, 15) is 0 Å². The van der Waals surface area contributed by atoms with E-state index in [1.54, 1.807) is 0 Å². The number of hydrogen-bond acceptors (Lipinski definition) is 3. The van der Waals surface area contributed by atoms with Crippen LogP contribution in [0.25, 0.3) is 97.8 Å². The van der Waals surface area contributed by atoms with Gasteiger partial charge in [0.05, 0.1) is 27.8 Å². The molecule has 0 fully saturated rings. The van der Waals surface area contributed by atoms with Gasteiger partial charge in [-0.05, 0) is 47.5 Å². The molecule has 0 unspecified atom stereocenters. The Morgan fingerprint density at radius 3 is 1.80 bits per heavy atom. The second-order valence-electron chi connectivity index (χ2n) is 13.0. The summed E-state index contributed by atoms with van der Waals surface area (Å²) in [5.74, 6) is 0.648. The summed E-state index contributed by atoms with van der Waals surface area (Å²) in [6.45, 7) is 0. The van der Waals surface area contributed by atoms with Gasteiger partial charge in [0.1, 0.15) is 0 Å². The molecule has 0 saturated carbocycles. The molecule has 0 aliphatic heterocycles. The number of nitrogens with zero attached hydrogens (tertiary/aromatic N) is 4. The number of fused-ring (bicyclic) bond motifs is 10. The van der Waals surface area contributed by atoms with Crippen LogP contribution in [0.2, 0.25) is 0 Å². The van der Waals surface area contributed by atoms with Gasteiger partial charge >= 0.3 is 0 Å². The molecule has 0 aliphatic carbocycles. The molecule has 0 amide bonds. The van der Waals surface area contributed by atoms with Crippen LogP contribution < -0.4 is 0 Å². The summed E-state index contributed by atoms with van der Waals surface area (Å²) >= 11 is 1.86. The summed E-state index contributed by atoms with van der Waals surface area (Å²) in [5.41, 5.74) is 9.99. The lowest BCUT2D eigenvalue weighted by molar-refractivity contribution is 0.991. The van der Waals surface area contributed by atoms with Gasteiger partial charge in [0.2, 0.25) is 5.95 Å². The lowest BCUT2D eigenvalue weighted by Crippen LogP contribution is -2.03.